The van der Waals surface area contributed by atoms with Gasteiger partial charge in [-0.2, -0.15) is 0 Å². The summed E-state index contributed by atoms with van der Waals surface area (Å²) in [5, 5.41) is 113. The Bertz CT molecular complexity index is 830. The minimum atomic E-state index is -3.13. The number of hydrogen-bond donors (Lipinski definition) is 11. The van der Waals surface area contributed by atoms with Gasteiger partial charge in [0.1, 0.15) is 49.3 Å². The molecule has 3 fully saturated rings. The number of ether oxygens (including phenoxy) is 5. The van der Waals surface area contributed by atoms with Crippen LogP contribution in [0.1, 0.15) is 20.3 Å². The highest BCUT2D eigenvalue weighted by atomic mass is 16.8. The lowest BCUT2D eigenvalue weighted by Crippen LogP contribution is -2.72. The summed E-state index contributed by atoms with van der Waals surface area (Å²) in [5.74, 6) is -12.5. The van der Waals surface area contributed by atoms with Crippen LogP contribution in [-0.2, 0) is 28.5 Å². The maximum absolute atomic E-state index is 12.2. The van der Waals surface area contributed by atoms with Crippen molar-refractivity contribution in [2.75, 3.05) is 19.8 Å². The molecular formula is C21H36O17. The Morgan fingerprint density at radius 2 is 1.68 bits per heavy atom. The second-order valence-corrected chi connectivity index (χ2v) is 9.88. The first-order chi connectivity index (χ1) is 17.6. The van der Waals surface area contributed by atoms with Gasteiger partial charge in [-0.05, 0) is 6.92 Å². The van der Waals surface area contributed by atoms with Crippen molar-refractivity contribution in [3.8, 4) is 0 Å². The molecular weight excluding hydrogens is 524 g/mol. The average Bonchev–Trinajstić information content (AvgIpc) is 2.86. The molecule has 0 aliphatic carbocycles. The van der Waals surface area contributed by atoms with E-state index in [1.165, 1.54) is 13.8 Å². The quantitative estimate of drug-likeness (QED) is 0.123. The molecule has 0 aromatic carbocycles. The van der Waals surface area contributed by atoms with Crippen molar-refractivity contribution in [2.45, 2.75) is 98.9 Å². The fraction of sp³-hybridized carbons (Fsp3) is 0.952. The summed E-state index contributed by atoms with van der Waals surface area (Å²) in [6.45, 7) is -0.263. The average molecular weight is 561 g/mol. The normalized spacial score (nSPS) is 50.9. The fourth-order valence-electron chi connectivity index (χ4n) is 4.76. The van der Waals surface area contributed by atoms with E-state index < -0.39 is 117 Å². The zero-order valence-corrected chi connectivity index (χ0v) is 20.5. The second-order valence-electron chi connectivity index (χ2n) is 9.88. The Labute approximate surface area is 215 Å². The molecule has 0 aromatic heterocycles. The third-order valence-corrected chi connectivity index (χ3v) is 7.27. The highest BCUT2D eigenvalue weighted by Gasteiger charge is 2.65. The Kier molecular flexibility index (Phi) is 9.41. The van der Waals surface area contributed by atoms with Gasteiger partial charge in [0.2, 0.25) is 11.6 Å². The van der Waals surface area contributed by atoms with Crippen LogP contribution in [0.5, 0.6) is 0 Å². The number of carboxylic acids is 1. The zero-order valence-electron chi connectivity index (χ0n) is 20.5. The van der Waals surface area contributed by atoms with Crippen molar-refractivity contribution < 1.29 is 84.7 Å². The highest BCUT2D eigenvalue weighted by molar-refractivity contribution is 5.76. The van der Waals surface area contributed by atoms with Crippen LogP contribution in [0.3, 0.4) is 0 Å². The van der Waals surface area contributed by atoms with Crippen molar-refractivity contribution >= 4 is 5.97 Å². The van der Waals surface area contributed by atoms with Gasteiger partial charge in [0, 0.05) is 12.3 Å². The molecule has 3 rings (SSSR count). The van der Waals surface area contributed by atoms with Crippen LogP contribution in [0.25, 0.3) is 0 Å². The van der Waals surface area contributed by atoms with E-state index >= 15 is 0 Å². The predicted octanol–water partition coefficient (Wildman–Crippen LogP) is -6.10. The van der Waals surface area contributed by atoms with Gasteiger partial charge in [-0.15, -0.1) is 0 Å². The maximum atomic E-state index is 12.2. The molecule has 0 radical (unpaired) electrons. The van der Waals surface area contributed by atoms with E-state index in [0.29, 0.717) is 0 Å². The zero-order chi connectivity index (χ0) is 28.8. The van der Waals surface area contributed by atoms with Crippen LogP contribution < -0.4 is 0 Å². The van der Waals surface area contributed by atoms with E-state index in [1.54, 1.807) is 0 Å². The molecule has 11 N–H and O–H groups in total. The topological polar surface area (TPSA) is 286 Å². The number of rotatable bonds is 8. The monoisotopic (exact) mass is 560 g/mol. The molecule has 14 atom stereocenters. The van der Waals surface area contributed by atoms with E-state index in [9.17, 15) is 61.0 Å². The molecule has 0 aromatic rings. The molecule has 3 saturated heterocycles. The molecule has 17 nitrogen and oxygen atoms in total. The van der Waals surface area contributed by atoms with Crippen molar-refractivity contribution in [3.05, 3.63) is 0 Å². The van der Waals surface area contributed by atoms with Gasteiger partial charge < -0.3 is 79.9 Å². The summed E-state index contributed by atoms with van der Waals surface area (Å²) in [5.41, 5.74) is 0. The van der Waals surface area contributed by atoms with Crippen LogP contribution in [0.2, 0.25) is 0 Å². The first kappa shape index (κ1) is 31.4. The summed E-state index contributed by atoms with van der Waals surface area (Å²) in [6, 6.07) is 0. The maximum Gasteiger partial charge on any atom is 0.364 e. The Morgan fingerprint density at radius 3 is 2.24 bits per heavy atom. The summed E-state index contributed by atoms with van der Waals surface area (Å²) in [4.78, 5) is 12.2. The molecule has 3 heterocycles. The van der Waals surface area contributed by atoms with E-state index in [0.717, 1.165) is 0 Å². The third-order valence-electron chi connectivity index (χ3n) is 7.27. The van der Waals surface area contributed by atoms with E-state index in [2.05, 4.69) is 0 Å². The third kappa shape index (κ3) is 5.42. The van der Waals surface area contributed by atoms with Crippen LogP contribution in [0.4, 0.5) is 0 Å². The number of aliphatic carboxylic acids is 1. The van der Waals surface area contributed by atoms with Crippen LogP contribution >= 0.6 is 0 Å². The van der Waals surface area contributed by atoms with Crippen LogP contribution in [0, 0.1) is 5.92 Å². The minimum absolute atomic E-state index is 0.668. The summed E-state index contributed by atoms with van der Waals surface area (Å²) >= 11 is 0. The summed E-state index contributed by atoms with van der Waals surface area (Å²) in [7, 11) is 0. The number of hydrogen-bond acceptors (Lipinski definition) is 16. The van der Waals surface area contributed by atoms with Gasteiger partial charge in [-0.25, -0.2) is 4.79 Å². The standard InChI is InChI=1S/C21H36O17/c1-7-9(24)3-20(18(30)31,38-21(7,33)11(25)5-23)37-19(32)6-34-17(14(28)16(19)29)36-15-10(4-22)35-8(2)12(26)13(15)27/h7-17,22-29,32-33H,3-6H2,1-2H3,(H,30,31)/t7-,8?,9-,10?,11?,12-,13-,14+,15-,16-,17?,19-,20-,21?/m1/s1. The van der Waals surface area contributed by atoms with E-state index in [4.69, 9.17) is 23.7 Å². The lowest BCUT2D eigenvalue weighted by atomic mass is 9.83. The number of carbonyl (C=O) groups is 1. The van der Waals surface area contributed by atoms with Crippen molar-refractivity contribution in [1.82, 2.24) is 0 Å². The summed E-state index contributed by atoms with van der Waals surface area (Å²) in [6.07, 6.45) is -17.8. The van der Waals surface area contributed by atoms with Gasteiger partial charge in [-0.1, -0.05) is 6.92 Å². The van der Waals surface area contributed by atoms with Crippen molar-refractivity contribution in [3.63, 3.8) is 0 Å². The van der Waals surface area contributed by atoms with Gasteiger partial charge in [-0.3, -0.25) is 0 Å². The minimum Gasteiger partial charge on any atom is -0.477 e. The Morgan fingerprint density at radius 1 is 1.05 bits per heavy atom. The van der Waals surface area contributed by atoms with E-state index in [1.807, 2.05) is 0 Å². The van der Waals surface area contributed by atoms with Crippen LogP contribution in [-0.4, -0.2) is 161 Å². The van der Waals surface area contributed by atoms with Crippen molar-refractivity contribution in [2.24, 2.45) is 5.92 Å². The SMILES string of the molecule is CC1OC(CO)[C@@H](OC2OC[C@@](O)(O[C@]3(C(=O)O)C[C@@H](O)[C@@H](C)C(O)(C(O)CO)O3)[C@H](O)[C@@H]2O)[C@H](O)[C@@H]1O. The summed E-state index contributed by atoms with van der Waals surface area (Å²) < 4.78 is 26.3. The van der Waals surface area contributed by atoms with Gasteiger partial charge in [0.25, 0.3) is 5.79 Å². The van der Waals surface area contributed by atoms with Crippen molar-refractivity contribution in [1.29, 1.82) is 0 Å². The van der Waals surface area contributed by atoms with Gasteiger partial charge in [0.15, 0.2) is 6.29 Å². The van der Waals surface area contributed by atoms with Gasteiger partial charge in [0.05, 0.1) is 25.4 Å². The largest absolute Gasteiger partial charge is 0.477 e. The lowest BCUT2D eigenvalue weighted by molar-refractivity contribution is -0.469. The number of aliphatic hydroxyl groups is 10. The molecule has 0 saturated carbocycles. The van der Waals surface area contributed by atoms with Crippen LogP contribution in [0.15, 0.2) is 0 Å². The molecule has 0 bridgehead atoms. The fourth-order valence-corrected chi connectivity index (χ4v) is 4.76. The first-order valence-corrected chi connectivity index (χ1v) is 11.9. The Hall–Kier alpha value is -1.13. The predicted molar refractivity (Wildman–Crippen MR) is 115 cm³/mol. The smallest absolute Gasteiger partial charge is 0.364 e. The molecule has 5 unspecified atom stereocenters. The lowest BCUT2D eigenvalue weighted by Gasteiger charge is -2.53. The number of carboxylic acid groups (broad SMARTS) is 1. The molecule has 3 aliphatic rings. The molecule has 0 amide bonds. The first-order valence-electron chi connectivity index (χ1n) is 11.9. The molecule has 0 spiro atoms. The highest BCUT2D eigenvalue weighted by Crippen LogP contribution is 2.44. The molecule has 38 heavy (non-hydrogen) atoms. The van der Waals surface area contributed by atoms with E-state index in [-0.39, 0.29) is 0 Å². The molecule has 17 heteroatoms. The Balaban J connectivity index is 1.82. The number of aliphatic hydroxyl groups excluding tert-OH is 8. The molecule has 222 valence electrons. The van der Waals surface area contributed by atoms with Gasteiger partial charge >= 0.3 is 5.97 Å². The second kappa shape index (κ2) is 11.4. The molecule has 3 aliphatic heterocycles.